The van der Waals surface area contributed by atoms with Crippen LogP contribution in [0.2, 0.25) is 0 Å². The van der Waals surface area contributed by atoms with Gasteiger partial charge in [0.15, 0.2) is 11.2 Å². The third kappa shape index (κ3) is 9.13. The van der Waals surface area contributed by atoms with Gasteiger partial charge < -0.3 is 15.4 Å². The van der Waals surface area contributed by atoms with Crippen molar-refractivity contribution >= 4 is 42.5 Å². The molecule has 1 fully saturated rings. The average molecular weight is 468 g/mol. The Hall–Kier alpha value is -1.46. The molecule has 0 aromatic rings. The minimum Gasteiger partial charge on any atom is -0.469 e. The fourth-order valence-electron chi connectivity index (χ4n) is 2.34. The van der Waals surface area contributed by atoms with E-state index in [1.807, 2.05) is 0 Å². The van der Waals surface area contributed by atoms with Crippen molar-refractivity contribution in [2.24, 2.45) is 5.41 Å². The van der Waals surface area contributed by atoms with Crippen LogP contribution < -0.4 is 10.6 Å². The highest BCUT2D eigenvalue weighted by Crippen LogP contribution is 2.56. The van der Waals surface area contributed by atoms with E-state index in [4.69, 9.17) is 13.6 Å². The lowest BCUT2D eigenvalue weighted by Gasteiger charge is -2.39. The molecule has 0 bridgehead atoms. The molecular weight excluding hydrogens is 439 g/mol. The number of phosphoric ester groups is 1. The van der Waals surface area contributed by atoms with Gasteiger partial charge in [-0.05, 0) is 0 Å². The molecule has 0 aromatic heterocycles. The monoisotopic (exact) mass is 468 g/mol. The van der Waals surface area contributed by atoms with Gasteiger partial charge in [0.2, 0.25) is 11.8 Å². The van der Waals surface area contributed by atoms with Crippen LogP contribution in [0.5, 0.6) is 0 Å². The Balaban J connectivity index is 2.25. The van der Waals surface area contributed by atoms with Gasteiger partial charge in [0.05, 0.1) is 20.1 Å². The van der Waals surface area contributed by atoms with Gasteiger partial charge in [-0.2, -0.15) is 0 Å². The van der Waals surface area contributed by atoms with E-state index in [-0.39, 0.29) is 50.0 Å². The molecule has 11 nitrogen and oxygen atoms in total. The summed E-state index contributed by atoms with van der Waals surface area (Å²) in [6, 6.07) is 0. The molecule has 0 saturated carbocycles. The predicted molar refractivity (Wildman–Crippen MR) is 109 cm³/mol. The summed E-state index contributed by atoms with van der Waals surface area (Å²) in [5, 5.41) is 5.06. The van der Waals surface area contributed by atoms with Crippen molar-refractivity contribution in [2.75, 3.05) is 39.7 Å². The Labute approximate surface area is 179 Å². The van der Waals surface area contributed by atoms with Crippen LogP contribution in [0.25, 0.3) is 0 Å². The van der Waals surface area contributed by atoms with Crippen molar-refractivity contribution in [3.05, 3.63) is 0 Å². The SMILES string of the molecule is COC(=O)CCC(=O)SCCNC(=O)CCNC(=O)[C@@H]1OP(=O)(OC)OCC1(C)C. The number of hydrogen-bond donors (Lipinski definition) is 2. The lowest BCUT2D eigenvalue weighted by molar-refractivity contribution is -0.141. The van der Waals surface area contributed by atoms with Crippen LogP contribution in [-0.2, 0) is 42.1 Å². The molecule has 0 radical (unpaired) electrons. The van der Waals surface area contributed by atoms with E-state index in [1.54, 1.807) is 13.8 Å². The van der Waals surface area contributed by atoms with Crippen molar-refractivity contribution in [3.8, 4) is 0 Å². The summed E-state index contributed by atoms with van der Waals surface area (Å²) in [6.45, 7) is 3.81. The minimum atomic E-state index is -3.77. The van der Waals surface area contributed by atoms with Crippen molar-refractivity contribution in [3.63, 3.8) is 0 Å². The quantitative estimate of drug-likeness (QED) is 0.256. The fourth-order valence-corrected chi connectivity index (χ4v) is 4.40. The summed E-state index contributed by atoms with van der Waals surface area (Å²) >= 11 is 1.02. The van der Waals surface area contributed by atoms with Crippen LogP contribution in [0.15, 0.2) is 0 Å². The van der Waals surface area contributed by atoms with Crippen molar-refractivity contribution in [1.29, 1.82) is 0 Å². The van der Waals surface area contributed by atoms with Gasteiger partial charge >= 0.3 is 13.8 Å². The standard InChI is InChI=1S/C17H29N2O9PS/c1-17(2)11-27-29(24,26-4)28-15(17)16(23)19-8-7-12(20)18-9-10-30-14(22)6-5-13(21)25-3/h15H,5-11H2,1-4H3,(H,18,20)(H,19,23)/t15-,29?/m0/s1. The summed E-state index contributed by atoms with van der Waals surface area (Å²) < 4.78 is 31.6. The first-order valence-electron chi connectivity index (χ1n) is 9.28. The molecule has 0 spiro atoms. The number of thioether (sulfide) groups is 1. The molecule has 1 aliphatic heterocycles. The first-order valence-corrected chi connectivity index (χ1v) is 11.7. The molecular formula is C17H29N2O9PS. The number of amides is 2. The Morgan fingerprint density at radius 3 is 2.43 bits per heavy atom. The topological polar surface area (TPSA) is 146 Å². The van der Waals surface area contributed by atoms with Gasteiger partial charge in [-0.15, -0.1) is 0 Å². The number of phosphoric acid groups is 1. The number of rotatable bonds is 11. The van der Waals surface area contributed by atoms with Gasteiger partial charge in [0.1, 0.15) is 0 Å². The Morgan fingerprint density at radius 2 is 1.80 bits per heavy atom. The maximum Gasteiger partial charge on any atom is 0.475 e. The summed E-state index contributed by atoms with van der Waals surface area (Å²) in [6.07, 6.45) is -0.912. The number of carbonyl (C=O) groups is 4. The van der Waals surface area contributed by atoms with E-state index in [1.165, 1.54) is 14.2 Å². The van der Waals surface area contributed by atoms with Gasteiger partial charge in [-0.1, -0.05) is 25.6 Å². The highest BCUT2D eigenvalue weighted by molar-refractivity contribution is 8.13. The molecule has 1 aliphatic rings. The van der Waals surface area contributed by atoms with E-state index >= 15 is 0 Å². The zero-order valence-electron chi connectivity index (χ0n) is 17.6. The highest BCUT2D eigenvalue weighted by atomic mass is 32.2. The molecule has 30 heavy (non-hydrogen) atoms. The second-order valence-electron chi connectivity index (χ2n) is 7.06. The van der Waals surface area contributed by atoms with Gasteiger partial charge in [-0.3, -0.25) is 32.7 Å². The van der Waals surface area contributed by atoms with Crippen LogP contribution in [0.4, 0.5) is 0 Å². The number of nitrogens with one attached hydrogen (secondary N) is 2. The highest BCUT2D eigenvalue weighted by Gasteiger charge is 2.48. The molecule has 1 rings (SSSR count). The summed E-state index contributed by atoms with van der Waals surface area (Å²) in [5.41, 5.74) is -0.726. The second kappa shape index (κ2) is 12.4. The third-order valence-corrected chi connectivity index (χ3v) is 6.40. The lowest BCUT2D eigenvalue weighted by atomic mass is 9.87. The van der Waals surface area contributed by atoms with Crippen LogP contribution in [0.1, 0.15) is 33.1 Å². The van der Waals surface area contributed by atoms with E-state index in [0.29, 0.717) is 5.75 Å². The minimum absolute atomic E-state index is 0.0205. The molecule has 0 aromatic carbocycles. The van der Waals surface area contributed by atoms with Crippen molar-refractivity contribution < 1.29 is 42.1 Å². The summed E-state index contributed by atoms with van der Waals surface area (Å²) in [5.74, 6) is -0.888. The molecule has 2 atom stereocenters. The summed E-state index contributed by atoms with van der Waals surface area (Å²) in [7, 11) is -1.34. The first kappa shape index (κ1) is 26.6. The van der Waals surface area contributed by atoms with E-state index in [9.17, 15) is 23.7 Å². The van der Waals surface area contributed by atoms with Gasteiger partial charge in [0.25, 0.3) is 0 Å². The van der Waals surface area contributed by atoms with Gasteiger partial charge in [0, 0.05) is 44.2 Å². The first-order chi connectivity index (χ1) is 14.0. The maximum absolute atomic E-state index is 12.4. The molecule has 13 heteroatoms. The predicted octanol–water partition coefficient (Wildman–Crippen LogP) is 1.02. The smallest absolute Gasteiger partial charge is 0.469 e. The number of carbonyl (C=O) groups excluding carboxylic acids is 4. The fraction of sp³-hybridized carbons (Fsp3) is 0.765. The Morgan fingerprint density at radius 1 is 1.10 bits per heavy atom. The number of esters is 1. The second-order valence-corrected chi connectivity index (χ2v) is 9.95. The van der Waals surface area contributed by atoms with Crippen LogP contribution in [0.3, 0.4) is 0 Å². The maximum atomic E-state index is 12.4. The zero-order chi connectivity index (χ0) is 22.8. The zero-order valence-corrected chi connectivity index (χ0v) is 19.3. The largest absolute Gasteiger partial charge is 0.475 e. The molecule has 172 valence electrons. The van der Waals surface area contributed by atoms with E-state index in [2.05, 4.69) is 15.4 Å². The molecule has 0 aliphatic carbocycles. The molecule has 1 heterocycles. The molecule has 2 amide bonds. The molecule has 2 N–H and O–H groups in total. The number of methoxy groups -OCH3 is 1. The van der Waals surface area contributed by atoms with Crippen LogP contribution >= 0.6 is 19.6 Å². The van der Waals surface area contributed by atoms with Crippen molar-refractivity contribution in [1.82, 2.24) is 10.6 Å². The molecule has 1 saturated heterocycles. The van der Waals surface area contributed by atoms with Crippen molar-refractivity contribution in [2.45, 2.75) is 39.2 Å². The third-order valence-electron chi connectivity index (χ3n) is 4.10. The Kier molecular flexibility index (Phi) is 11.0. The van der Waals surface area contributed by atoms with E-state index in [0.717, 1.165) is 11.8 Å². The van der Waals surface area contributed by atoms with Crippen LogP contribution in [-0.4, -0.2) is 68.7 Å². The number of hydrogen-bond acceptors (Lipinski definition) is 10. The number of ether oxygens (including phenoxy) is 1. The summed E-state index contributed by atoms with van der Waals surface area (Å²) in [4.78, 5) is 46.8. The van der Waals surface area contributed by atoms with Crippen LogP contribution in [0, 0.1) is 5.41 Å². The average Bonchev–Trinajstić information content (AvgIpc) is 2.71. The van der Waals surface area contributed by atoms with E-state index < -0.39 is 31.2 Å². The van der Waals surface area contributed by atoms with Gasteiger partial charge in [-0.25, -0.2) is 4.57 Å². The molecule has 1 unspecified atom stereocenters. The lowest BCUT2D eigenvalue weighted by Crippen LogP contribution is -2.50. The Bertz CT molecular complexity index is 686. The normalized spacial score (nSPS) is 22.7.